The Balaban J connectivity index is 1.75. The van der Waals surface area contributed by atoms with E-state index >= 15 is 0 Å². The number of benzene rings is 1. The predicted molar refractivity (Wildman–Crippen MR) is 101 cm³/mol. The first kappa shape index (κ1) is 18.4. The van der Waals surface area contributed by atoms with E-state index in [4.69, 9.17) is 12.2 Å². The molecule has 0 heterocycles. The third kappa shape index (κ3) is 6.66. The number of rotatable bonds is 5. The van der Waals surface area contributed by atoms with Gasteiger partial charge in [0.05, 0.1) is 0 Å². The van der Waals surface area contributed by atoms with Crippen LogP contribution in [0.15, 0.2) is 24.3 Å². The second-order valence-corrected chi connectivity index (χ2v) is 6.72. The smallest absolute Gasteiger partial charge is 0.226 e. The lowest BCUT2D eigenvalue weighted by molar-refractivity contribution is -0.120. The molecule has 0 atom stereocenters. The molecule has 0 spiro atoms. The van der Waals surface area contributed by atoms with Crippen LogP contribution < -0.4 is 16.0 Å². The maximum absolute atomic E-state index is 12.0. The van der Waals surface area contributed by atoms with Crippen LogP contribution in [0.2, 0.25) is 0 Å². The highest BCUT2D eigenvalue weighted by molar-refractivity contribution is 7.80. The minimum Gasteiger partial charge on any atom is -0.332 e. The fraction of sp³-hybridized carbons (Fsp3) is 0.500. The molecule has 1 aliphatic rings. The van der Waals surface area contributed by atoms with Gasteiger partial charge in [-0.3, -0.25) is 9.59 Å². The van der Waals surface area contributed by atoms with E-state index in [1.807, 2.05) is 6.07 Å². The van der Waals surface area contributed by atoms with Crippen LogP contribution in [-0.4, -0.2) is 16.9 Å². The van der Waals surface area contributed by atoms with Gasteiger partial charge in [-0.25, -0.2) is 0 Å². The van der Waals surface area contributed by atoms with Gasteiger partial charge in [0.2, 0.25) is 11.8 Å². The fourth-order valence-electron chi connectivity index (χ4n) is 3.04. The molecule has 2 rings (SSSR count). The zero-order valence-electron chi connectivity index (χ0n) is 14.1. The van der Waals surface area contributed by atoms with Crippen molar-refractivity contribution in [3.8, 4) is 0 Å². The van der Waals surface area contributed by atoms with Crippen molar-refractivity contribution in [1.82, 2.24) is 5.32 Å². The minimum atomic E-state index is -0.134. The van der Waals surface area contributed by atoms with Gasteiger partial charge in [0.1, 0.15) is 0 Å². The molecule has 3 N–H and O–H groups in total. The second-order valence-electron chi connectivity index (χ2n) is 6.31. The highest BCUT2D eigenvalue weighted by atomic mass is 32.1. The topological polar surface area (TPSA) is 70.2 Å². The van der Waals surface area contributed by atoms with Crippen molar-refractivity contribution in [2.45, 2.75) is 51.9 Å². The van der Waals surface area contributed by atoms with Crippen LogP contribution in [0.5, 0.6) is 0 Å². The number of nitrogens with one attached hydrogen (secondary N) is 3. The molecule has 1 aromatic rings. The molecule has 0 unspecified atom stereocenters. The van der Waals surface area contributed by atoms with Crippen molar-refractivity contribution in [3.05, 3.63) is 24.3 Å². The third-order valence-electron chi connectivity index (χ3n) is 4.20. The number of anilines is 2. The number of amides is 2. The Bertz CT molecular complexity index is 598. The van der Waals surface area contributed by atoms with Gasteiger partial charge in [0.15, 0.2) is 5.11 Å². The summed E-state index contributed by atoms with van der Waals surface area (Å²) in [6.45, 7) is 1.46. The predicted octanol–water partition coefficient (Wildman–Crippen LogP) is 3.82. The molecular formula is C18H25N3O2S. The summed E-state index contributed by atoms with van der Waals surface area (Å²) in [5.41, 5.74) is 1.40. The number of hydrogen-bond acceptors (Lipinski definition) is 3. The largest absolute Gasteiger partial charge is 0.332 e. The lowest BCUT2D eigenvalue weighted by Gasteiger charge is -2.21. The van der Waals surface area contributed by atoms with E-state index < -0.39 is 0 Å². The number of carbonyl (C=O) groups excluding carboxylic acids is 2. The van der Waals surface area contributed by atoms with E-state index in [1.165, 1.54) is 39.0 Å². The summed E-state index contributed by atoms with van der Waals surface area (Å²) in [4.78, 5) is 23.1. The van der Waals surface area contributed by atoms with Crippen molar-refractivity contribution in [2.24, 2.45) is 5.92 Å². The summed E-state index contributed by atoms with van der Waals surface area (Å²) in [6.07, 6.45) is 7.84. The Morgan fingerprint density at radius 1 is 1.12 bits per heavy atom. The normalized spacial score (nSPS) is 14.7. The standard InChI is InChI=1S/C18H25N3O2S/c1-13(22)19-15-8-5-9-16(12-15)20-18(24)21-17(23)11-10-14-6-3-2-4-7-14/h5,8-9,12,14H,2-4,6-7,10-11H2,1H3,(H,19,22)(H2,20,21,23,24). The molecule has 6 heteroatoms. The summed E-state index contributed by atoms with van der Waals surface area (Å²) in [5, 5.41) is 8.68. The van der Waals surface area contributed by atoms with E-state index in [0.29, 0.717) is 18.0 Å². The zero-order valence-corrected chi connectivity index (χ0v) is 14.9. The molecule has 24 heavy (non-hydrogen) atoms. The molecule has 0 radical (unpaired) electrons. The van der Waals surface area contributed by atoms with Gasteiger partial charge in [0.25, 0.3) is 0 Å². The summed E-state index contributed by atoms with van der Waals surface area (Å²) in [7, 11) is 0. The Hall–Kier alpha value is -1.95. The van der Waals surface area contributed by atoms with Gasteiger partial charge in [0, 0.05) is 24.7 Å². The third-order valence-corrected chi connectivity index (χ3v) is 4.40. The Morgan fingerprint density at radius 2 is 1.79 bits per heavy atom. The summed E-state index contributed by atoms with van der Waals surface area (Å²) in [6, 6.07) is 7.19. The molecule has 130 valence electrons. The monoisotopic (exact) mass is 347 g/mol. The first-order chi connectivity index (χ1) is 11.5. The quantitative estimate of drug-likeness (QED) is 0.708. The Morgan fingerprint density at radius 3 is 2.46 bits per heavy atom. The van der Waals surface area contributed by atoms with Crippen LogP contribution in [-0.2, 0) is 9.59 Å². The van der Waals surface area contributed by atoms with Crippen LogP contribution in [0.3, 0.4) is 0 Å². The van der Waals surface area contributed by atoms with Crippen LogP contribution >= 0.6 is 12.2 Å². The van der Waals surface area contributed by atoms with Crippen LogP contribution in [0, 0.1) is 5.92 Å². The minimum absolute atomic E-state index is 0.0453. The molecule has 1 aliphatic carbocycles. The first-order valence-electron chi connectivity index (χ1n) is 8.51. The SMILES string of the molecule is CC(=O)Nc1cccc(NC(=S)NC(=O)CCC2CCCCC2)c1. The van der Waals surface area contributed by atoms with Gasteiger partial charge in [-0.2, -0.15) is 0 Å². The molecule has 0 saturated heterocycles. The van der Waals surface area contributed by atoms with E-state index in [9.17, 15) is 9.59 Å². The molecule has 0 aromatic heterocycles. The highest BCUT2D eigenvalue weighted by Gasteiger charge is 2.15. The average Bonchev–Trinajstić information content (AvgIpc) is 2.53. The lowest BCUT2D eigenvalue weighted by Crippen LogP contribution is -2.34. The maximum Gasteiger partial charge on any atom is 0.226 e. The Kier molecular flexibility index (Phi) is 7.18. The van der Waals surface area contributed by atoms with Gasteiger partial charge < -0.3 is 16.0 Å². The van der Waals surface area contributed by atoms with Gasteiger partial charge in [-0.05, 0) is 42.8 Å². The van der Waals surface area contributed by atoms with Gasteiger partial charge in [-0.15, -0.1) is 0 Å². The van der Waals surface area contributed by atoms with Crippen molar-refractivity contribution in [1.29, 1.82) is 0 Å². The molecule has 2 amide bonds. The average molecular weight is 347 g/mol. The molecule has 0 aliphatic heterocycles. The van der Waals surface area contributed by atoms with E-state index in [-0.39, 0.29) is 16.9 Å². The van der Waals surface area contributed by atoms with Crippen molar-refractivity contribution in [2.75, 3.05) is 10.6 Å². The number of thiocarbonyl (C=S) groups is 1. The van der Waals surface area contributed by atoms with Crippen molar-refractivity contribution >= 4 is 40.5 Å². The van der Waals surface area contributed by atoms with Crippen LogP contribution in [0.4, 0.5) is 11.4 Å². The molecule has 1 aromatic carbocycles. The van der Waals surface area contributed by atoms with Crippen molar-refractivity contribution < 1.29 is 9.59 Å². The van der Waals surface area contributed by atoms with E-state index in [0.717, 1.165) is 12.1 Å². The first-order valence-corrected chi connectivity index (χ1v) is 8.92. The number of hydrogen-bond donors (Lipinski definition) is 3. The summed E-state index contributed by atoms with van der Waals surface area (Å²) >= 11 is 5.18. The highest BCUT2D eigenvalue weighted by Crippen LogP contribution is 2.27. The second kappa shape index (κ2) is 9.37. The fourth-order valence-corrected chi connectivity index (χ4v) is 3.27. The van der Waals surface area contributed by atoms with Gasteiger partial charge in [-0.1, -0.05) is 38.2 Å². The van der Waals surface area contributed by atoms with Crippen LogP contribution in [0.1, 0.15) is 51.9 Å². The van der Waals surface area contributed by atoms with E-state index in [2.05, 4.69) is 16.0 Å². The molecule has 1 fully saturated rings. The summed E-state index contributed by atoms with van der Waals surface area (Å²) in [5.74, 6) is 0.502. The molecular weight excluding hydrogens is 322 g/mol. The maximum atomic E-state index is 12.0. The van der Waals surface area contributed by atoms with E-state index in [1.54, 1.807) is 18.2 Å². The Labute approximate surface area is 148 Å². The molecule has 1 saturated carbocycles. The van der Waals surface area contributed by atoms with Crippen molar-refractivity contribution in [3.63, 3.8) is 0 Å². The summed E-state index contributed by atoms with van der Waals surface area (Å²) < 4.78 is 0. The van der Waals surface area contributed by atoms with Gasteiger partial charge >= 0.3 is 0 Å². The lowest BCUT2D eigenvalue weighted by atomic mass is 9.86. The molecule has 0 bridgehead atoms. The number of carbonyl (C=O) groups is 2. The zero-order chi connectivity index (χ0) is 17.4. The van der Waals surface area contributed by atoms with Crippen LogP contribution in [0.25, 0.3) is 0 Å². The molecule has 5 nitrogen and oxygen atoms in total.